The quantitative estimate of drug-likeness (QED) is 0.584. The molecule has 0 spiro atoms. The minimum absolute atomic E-state index is 0.209. The van der Waals surface area contributed by atoms with Crippen molar-refractivity contribution in [3.05, 3.63) is 94.0 Å². The highest BCUT2D eigenvalue weighted by atomic mass is 79.9. The molecule has 0 bridgehead atoms. The number of aryl methyl sites for hydroxylation is 1. The summed E-state index contributed by atoms with van der Waals surface area (Å²) in [6.07, 6.45) is -0.546. The normalized spacial score (nSPS) is 15.2. The van der Waals surface area contributed by atoms with E-state index < -0.39 is 12.1 Å². The SMILES string of the molecule is Cc1ccc(OCC(=O)NN2C(=O)c3cc(Br)ccc3NC2c2ccccc2)cc1. The van der Waals surface area contributed by atoms with Gasteiger partial charge < -0.3 is 10.1 Å². The third-order valence-electron chi connectivity index (χ3n) is 4.73. The zero-order chi connectivity index (χ0) is 21.1. The van der Waals surface area contributed by atoms with Gasteiger partial charge in [-0.1, -0.05) is 64.0 Å². The maximum atomic E-state index is 13.2. The van der Waals surface area contributed by atoms with E-state index in [1.54, 1.807) is 18.2 Å². The van der Waals surface area contributed by atoms with Crippen LogP contribution in [0.3, 0.4) is 0 Å². The van der Waals surface area contributed by atoms with Crippen LogP contribution in [0.15, 0.2) is 77.3 Å². The zero-order valence-electron chi connectivity index (χ0n) is 16.3. The number of hydrazine groups is 1. The molecule has 30 heavy (non-hydrogen) atoms. The van der Waals surface area contributed by atoms with Crippen LogP contribution in [0.5, 0.6) is 5.75 Å². The molecular formula is C23H20BrN3O3. The van der Waals surface area contributed by atoms with Crippen LogP contribution in [0.4, 0.5) is 5.69 Å². The molecule has 0 fully saturated rings. The van der Waals surface area contributed by atoms with E-state index in [0.29, 0.717) is 17.0 Å². The Labute approximate surface area is 182 Å². The number of benzene rings is 3. The highest BCUT2D eigenvalue weighted by Crippen LogP contribution is 2.33. The van der Waals surface area contributed by atoms with Crippen molar-refractivity contribution in [2.24, 2.45) is 0 Å². The fourth-order valence-electron chi connectivity index (χ4n) is 3.21. The highest BCUT2D eigenvalue weighted by Gasteiger charge is 2.34. The molecule has 3 aromatic carbocycles. The molecule has 0 saturated heterocycles. The van der Waals surface area contributed by atoms with Crippen LogP contribution in [-0.2, 0) is 4.79 Å². The molecule has 7 heteroatoms. The Morgan fingerprint density at radius 1 is 1.10 bits per heavy atom. The van der Waals surface area contributed by atoms with Crippen LogP contribution in [0.25, 0.3) is 0 Å². The topological polar surface area (TPSA) is 70.7 Å². The maximum absolute atomic E-state index is 13.2. The number of carbonyl (C=O) groups excluding carboxylic acids is 2. The Morgan fingerprint density at radius 2 is 1.83 bits per heavy atom. The zero-order valence-corrected chi connectivity index (χ0v) is 17.8. The van der Waals surface area contributed by atoms with Gasteiger partial charge in [0.05, 0.1) is 5.56 Å². The first-order valence-electron chi connectivity index (χ1n) is 9.45. The Balaban J connectivity index is 1.55. The molecule has 2 amide bonds. The van der Waals surface area contributed by atoms with E-state index in [1.165, 1.54) is 5.01 Å². The van der Waals surface area contributed by atoms with Crippen molar-refractivity contribution in [2.75, 3.05) is 11.9 Å². The number of fused-ring (bicyclic) bond motifs is 1. The van der Waals surface area contributed by atoms with E-state index in [9.17, 15) is 9.59 Å². The first-order valence-corrected chi connectivity index (χ1v) is 10.2. The second-order valence-electron chi connectivity index (χ2n) is 6.96. The van der Waals surface area contributed by atoms with E-state index in [4.69, 9.17) is 4.74 Å². The van der Waals surface area contributed by atoms with E-state index in [0.717, 1.165) is 15.6 Å². The van der Waals surface area contributed by atoms with Gasteiger partial charge in [0.15, 0.2) is 6.61 Å². The predicted octanol–water partition coefficient (Wildman–Crippen LogP) is 4.43. The Kier molecular flexibility index (Phi) is 5.72. The van der Waals surface area contributed by atoms with Crippen molar-refractivity contribution >= 4 is 33.4 Å². The summed E-state index contributed by atoms with van der Waals surface area (Å²) in [5.41, 5.74) is 5.83. The lowest BCUT2D eigenvalue weighted by atomic mass is 10.1. The monoisotopic (exact) mass is 465 g/mol. The number of rotatable bonds is 5. The van der Waals surface area contributed by atoms with E-state index in [1.807, 2.05) is 61.5 Å². The first-order chi connectivity index (χ1) is 14.5. The van der Waals surface area contributed by atoms with Gasteiger partial charge in [-0.05, 0) is 42.8 Å². The Morgan fingerprint density at radius 3 is 2.57 bits per heavy atom. The summed E-state index contributed by atoms with van der Waals surface area (Å²) in [5, 5.41) is 4.65. The number of anilines is 1. The van der Waals surface area contributed by atoms with Crippen molar-refractivity contribution in [3.8, 4) is 5.75 Å². The number of carbonyl (C=O) groups is 2. The van der Waals surface area contributed by atoms with Gasteiger partial charge >= 0.3 is 0 Å². The molecule has 1 aliphatic rings. The van der Waals surface area contributed by atoms with Crippen LogP contribution in [0.2, 0.25) is 0 Å². The largest absolute Gasteiger partial charge is 0.484 e. The lowest BCUT2D eigenvalue weighted by molar-refractivity contribution is -0.127. The van der Waals surface area contributed by atoms with Crippen molar-refractivity contribution in [1.82, 2.24) is 10.4 Å². The molecule has 1 unspecified atom stereocenters. The third kappa shape index (κ3) is 4.31. The van der Waals surface area contributed by atoms with Gasteiger partial charge in [0.2, 0.25) is 0 Å². The average molecular weight is 466 g/mol. The van der Waals surface area contributed by atoms with Crippen LogP contribution < -0.4 is 15.5 Å². The van der Waals surface area contributed by atoms with Gasteiger partial charge in [-0.15, -0.1) is 0 Å². The molecule has 1 aliphatic heterocycles. The molecule has 0 saturated carbocycles. The smallest absolute Gasteiger partial charge is 0.276 e. The molecule has 1 heterocycles. The van der Waals surface area contributed by atoms with Crippen LogP contribution in [0, 0.1) is 6.92 Å². The number of hydrogen-bond acceptors (Lipinski definition) is 4. The van der Waals surface area contributed by atoms with Gasteiger partial charge in [0.1, 0.15) is 11.9 Å². The number of amides is 2. The fourth-order valence-corrected chi connectivity index (χ4v) is 3.57. The minimum Gasteiger partial charge on any atom is -0.484 e. The van der Waals surface area contributed by atoms with Crippen LogP contribution in [-0.4, -0.2) is 23.4 Å². The second kappa shape index (κ2) is 8.59. The van der Waals surface area contributed by atoms with Gasteiger partial charge in [-0.3, -0.25) is 15.0 Å². The first kappa shape index (κ1) is 20.0. The fraction of sp³-hybridized carbons (Fsp3) is 0.130. The molecule has 3 aromatic rings. The molecule has 4 rings (SSSR count). The summed E-state index contributed by atoms with van der Waals surface area (Å²) in [6, 6.07) is 22.3. The van der Waals surface area contributed by atoms with Crippen LogP contribution in [0.1, 0.15) is 27.7 Å². The minimum atomic E-state index is -0.546. The lowest BCUT2D eigenvalue weighted by Crippen LogP contribution is -2.53. The summed E-state index contributed by atoms with van der Waals surface area (Å²) in [5.74, 6) is -0.138. The number of nitrogens with zero attached hydrogens (tertiary/aromatic N) is 1. The van der Waals surface area contributed by atoms with Crippen molar-refractivity contribution in [2.45, 2.75) is 13.1 Å². The summed E-state index contributed by atoms with van der Waals surface area (Å²) in [4.78, 5) is 25.8. The van der Waals surface area contributed by atoms with Crippen LogP contribution >= 0.6 is 15.9 Å². The highest BCUT2D eigenvalue weighted by molar-refractivity contribution is 9.10. The lowest BCUT2D eigenvalue weighted by Gasteiger charge is -2.37. The average Bonchev–Trinajstić information content (AvgIpc) is 2.76. The summed E-state index contributed by atoms with van der Waals surface area (Å²) in [7, 11) is 0. The Hall–Kier alpha value is -3.32. The van der Waals surface area contributed by atoms with Gasteiger partial charge in [0.25, 0.3) is 11.8 Å². The van der Waals surface area contributed by atoms with Crippen molar-refractivity contribution in [1.29, 1.82) is 0 Å². The summed E-state index contributed by atoms with van der Waals surface area (Å²) < 4.78 is 6.33. The summed E-state index contributed by atoms with van der Waals surface area (Å²) >= 11 is 3.40. The third-order valence-corrected chi connectivity index (χ3v) is 5.23. The second-order valence-corrected chi connectivity index (χ2v) is 7.88. The molecule has 0 radical (unpaired) electrons. The molecule has 1 atom stereocenters. The number of nitrogens with one attached hydrogen (secondary N) is 2. The van der Waals surface area contributed by atoms with E-state index in [-0.39, 0.29) is 12.5 Å². The van der Waals surface area contributed by atoms with Crippen molar-refractivity contribution in [3.63, 3.8) is 0 Å². The standard InChI is InChI=1S/C23H20BrN3O3/c1-15-7-10-18(11-8-15)30-14-21(28)26-27-22(16-5-3-2-4-6-16)25-20-12-9-17(24)13-19(20)23(27)29/h2-13,22,25H,14H2,1H3,(H,26,28). The number of ether oxygens (including phenoxy) is 1. The van der Waals surface area contributed by atoms with E-state index in [2.05, 4.69) is 26.7 Å². The molecule has 152 valence electrons. The van der Waals surface area contributed by atoms with Gasteiger partial charge in [0, 0.05) is 10.2 Å². The van der Waals surface area contributed by atoms with Gasteiger partial charge in [-0.2, -0.15) is 0 Å². The Bertz CT molecular complexity index is 1070. The molecule has 0 aliphatic carbocycles. The summed E-state index contributed by atoms with van der Waals surface area (Å²) in [6.45, 7) is 1.77. The number of halogens is 1. The molecule has 6 nitrogen and oxygen atoms in total. The molecule has 2 N–H and O–H groups in total. The molecular weight excluding hydrogens is 446 g/mol. The van der Waals surface area contributed by atoms with Crippen molar-refractivity contribution < 1.29 is 14.3 Å². The van der Waals surface area contributed by atoms with Gasteiger partial charge in [-0.25, -0.2) is 5.01 Å². The number of hydrogen-bond donors (Lipinski definition) is 2. The predicted molar refractivity (Wildman–Crippen MR) is 118 cm³/mol. The maximum Gasteiger partial charge on any atom is 0.276 e. The molecule has 0 aromatic heterocycles. The van der Waals surface area contributed by atoms with E-state index >= 15 is 0 Å².